The van der Waals surface area contributed by atoms with E-state index in [1.54, 1.807) is 0 Å². The van der Waals surface area contributed by atoms with Crippen LogP contribution >= 0.6 is 0 Å². The van der Waals surface area contributed by atoms with E-state index in [1.165, 1.54) is 0 Å². The van der Waals surface area contributed by atoms with E-state index in [4.69, 9.17) is 4.74 Å². The summed E-state index contributed by atoms with van der Waals surface area (Å²) in [5.41, 5.74) is 1.07. The lowest BCUT2D eigenvalue weighted by atomic mass is 10.3. The molecule has 5 heteroatoms. The Balaban J connectivity index is 1.77. The molecule has 2 heterocycles. The smallest absolute Gasteiger partial charge is 0.200 e. The third kappa shape index (κ3) is 2.94. The zero-order valence-corrected chi connectivity index (χ0v) is 9.29. The van der Waals surface area contributed by atoms with Crippen molar-refractivity contribution in [2.75, 3.05) is 38.6 Å². The van der Waals surface area contributed by atoms with E-state index in [-0.39, 0.29) is 6.10 Å². The van der Waals surface area contributed by atoms with Crippen molar-refractivity contribution in [3.63, 3.8) is 0 Å². The number of hydrogen-bond acceptors (Lipinski definition) is 4. The number of morpholine rings is 1. The fourth-order valence-electron chi connectivity index (χ4n) is 1.70. The molecule has 0 aliphatic carbocycles. The van der Waals surface area contributed by atoms with Crippen LogP contribution in [0.15, 0.2) is 6.20 Å². The third-order valence-corrected chi connectivity index (χ3v) is 2.54. The Kier molecular flexibility index (Phi) is 3.23. The van der Waals surface area contributed by atoms with Gasteiger partial charge in [0.15, 0.2) is 5.95 Å². The van der Waals surface area contributed by atoms with Crippen LogP contribution in [0.4, 0.5) is 5.95 Å². The number of aromatic amines is 1. The van der Waals surface area contributed by atoms with Gasteiger partial charge >= 0.3 is 0 Å². The zero-order chi connectivity index (χ0) is 10.7. The van der Waals surface area contributed by atoms with E-state index in [0.717, 1.165) is 37.9 Å². The van der Waals surface area contributed by atoms with Gasteiger partial charge in [0.1, 0.15) is 0 Å². The highest BCUT2D eigenvalue weighted by Crippen LogP contribution is 2.05. The monoisotopic (exact) mass is 210 g/mol. The predicted molar refractivity (Wildman–Crippen MR) is 59.1 cm³/mol. The number of nitrogens with one attached hydrogen (secondary N) is 2. The Morgan fingerprint density at radius 1 is 1.73 bits per heavy atom. The molecule has 1 aromatic heterocycles. The molecular weight excluding hydrogens is 192 g/mol. The lowest BCUT2D eigenvalue weighted by Crippen LogP contribution is -2.43. The largest absolute Gasteiger partial charge is 0.374 e. The van der Waals surface area contributed by atoms with Crippen LogP contribution in [0.1, 0.15) is 5.69 Å². The van der Waals surface area contributed by atoms with E-state index >= 15 is 0 Å². The molecule has 5 nitrogen and oxygen atoms in total. The predicted octanol–water partition coefficient (Wildman–Crippen LogP) is 0.461. The molecule has 2 rings (SSSR count). The molecule has 1 unspecified atom stereocenters. The van der Waals surface area contributed by atoms with Gasteiger partial charge in [-0.05, 0) is 14.0 Å². The van der Waals surface area contributed by atoms with Crippen molar-refractivity contribution in [2.24, 2.45) is 0 Å². The molecule has 1 aliphatic heterocycles. The van der Waals surface area contributed by atoms with E-state index < -0.39 is 0 Å². The summed E-state index contributed by atoms with van der Waals surface area (Å²) in [6.07, 6.45) is 2.07. The normalized spacial score (nSPS) is 22.9. The Morgan fingerprint density at radius 3 is 3.27 bits per heavy atom. The van der Waals surface area contributed by atoms with Gasteiger partial charge in [-0.3, -0.25) is 0 Å². The molecule has 1 saturated heterocycles. The molecule has 1 atom stereocenters. The minimum atomic E-state index is 0.258. The van der Waals surface area contributed by atoms with E-state index in [1.807, 2.05) is 13.1 Å². The summed E-state index contributed by atoms with van der Waals surface area (Å²) in [6, 6.07) is 0. The van der Waals surface area contributed by atoms with Gasteiger partial charge in [0.2, 0.25) is 0 Å². The van der Waals surface area contributed by atoms with E-state index in [2.05, 4.69) is 27.2 Å². The van der Waals surface area contributed by atoms with Crippen LogP contribution in [0.2, 0.25) is 0 Å². The van der Waals surface area contributed by atoms with Crippen LogP contribution in [-0.4, -0.2) is 54.3 Å². The van der Waals surface area contributed by atoms with Gasteiger partial charge in [0, 0.05) is 31.5 Å². The first-order chi connectivity index (χ1) is 7.24. The minimum Gasteiger partial charge on any atom is -0.374 e. The Hall–Kier alpha value is -1.07. The molecule has 0 spiro atoms. The van der Waals surface area contributed by atoms with Crippen LogP contribution in [-0.2, 0) is 4.74 Å². The summed E-state index contributed by atoms with van der Waals surface area (Å²) in [5.74, 6) is 0.823. The van der Waals surface area contributed by atoms with Crippen LogP contribution in [0.25, 0.3) is 0 Å². The lowest BCUT2D eigenvalue weighted by Gasteiger charge is -2.29. The summed E-state index contributed by atoms with van der Waals surface area (Å²) >= 11 is 0. The average Bonchev–Trinajstić information content (AvgIpc) is 2.62. The number of aryl methyl sites for hydroxylation is 1. The molecule has 1 fully saturated rings. The van der Waals surface area contributed by atoms with Crippen LogP contribution < -0.4 is 5.32 Å². The first-order valence-corrected chi connectivity index (χ1v) is 5.29. The van der Waals surface area contributed by atoms with Crippen molar-refractivity contribution >= 4 is 5.95 Å². The van der Waals surface area contributed by atoms with Gasteiger partial charge in [0.25, 0.3) is 0 Å². The maximum atomic E-state index is 5.63. The highest BCUT2D eigenvalue weighted by Gasteiger charge is 2.17. The fourth-order valence-corrected chi connectivity index (χ4v) is 1.70. The Morgan fingerprint density at radius 2 is 2.60 bits per heavy atom. The van der Waals surface area contributed by atoms with Crippen molar-refractivity contribution in [1.82, 2.24) is 14.9 Å². The molecule has 0 saturated carbocycles. The first kappa shape index (κ1) is 10.4. The number of rotatable bonds is 3. The average molecular weight is 210 g/mol. The summed E-state index contributed by atoms with van der Waals surface area (Å²) in [7, 11) is 2.12. The number of nitrogens with zero attached hydrogens (tertiary/aromatic N) is 2. The molecule has 84 valence electrons. The SMILES string of the molecule is Cc1cnc(NCC2CN(C)CCO2)[nH]1. The second-order valence-electron chi connectivity index (χ2n) is 4.05. The molecule has 0 radical (unpaired) electrons. The van der Waals surface area contributed by atoms with Gasteiger partial charge in [-0.25, -0.2) is 4.98 Å². The molecule has 2 N–H and O–H groups in total. The molecule has 1 aromatic rings. The van der Waals surface area contributed by atoms with Gasteiger partial charge in [-0.1, -0.05) is 0 Å². The van der Waals surface area contributed by atoms with Crippen LogP contribution in [0.5, 0.6) is 0 Å². The van der Waals surface area contributed by atoms with Crippen molar-refractivity contribution < 1.29 is 4.74 Å². The highest BCUT2D eigenvalue weighted by atomic mass is 16.5. The van der Waals surface area contributed by atoms with Gasteiger partial charge in [-0.2, -0.15) is 0 Å². The fraction of sp³-hybridized carbons (Fsp3) is 0.700. The van der Waals surface area contributed by atoms with Crippen molar-refractivity contribution in [3.8, 4) is 0 Å². The van der Waals surface area contributed by atoms with Crippen molar-refractivity contribution in [1.29, 1.82) is 0 Å². The van der Waals surface area contributed by atoms with E-state index in [0.29, 0.717) is 0 Å². The maximum Gasteiger partial charge on any atom is 0.200 e. The lowest BCUT2D eigenvalue weighted by molar-refractivity contribution is -0.0117. The Bertz CT molecular complexity index is 312. The van der Waals surface area contributed by atoms with Gasteiger partial charge in [-0.15, -0.1) is 0 Å². The van der Waals surface area contributed by atoms with Crippen molar-refractivity contribution in [3.05, 3.63) is 11.9 Å². The van der Waals surface area contributed by atoms with Gasteiger partial charge < -0.3 is 19.9 Å². The standard InChI is InChI=1S/C10H18N4O/c1-8-5-11-10(13-8)12-6-9-7-14(2)3-4-15-9/h5,9H,3-4,6-7H2,1-2H3,(H2,11,12,13). The second-order valence-corrected chi connectivity index (χ2v) is 4.05. The number of imidazole rings is 1. The summed E-state index contributed by atoms with van der Waals surface area (Å²) < 4.78 is 5.63. The number of likely N-dealkylation sites (N-methyl/N-ethyl adjacent to an activating group) is 1. The molecule has 15 heavy (non-hydrogen) atoms. The molecule has 0 aromatic carbocycles. The Labute approximate surface area is 89.8 Å². The first-order valence-electron chi connectivity index (χ1n) is 5.29. The van der Waals surface area contributed by atoms with Crippen molar-refractivity contribution in [2.45, 2.75) is 13.0 Å². The third-order valence-electron chi connectivity index (χ3n) is 2.54. The molecule has 0 bridgehead atoms. The van der Waals surface area contributed by atoms with E-state index in [9.17, 15) is 0 Å². The highest BCUT2D eigenvalue weighted by molar-refractivity contribution is 5.25. The molecular formula is C10H18N4O. The number of H-pyrrole nitrogens is 1. The topological polar surface area (TPSA) is 53.2 Å². The number of aromatic nitrogens is 2. The maximum absolute atomic E-state index is 5.63. The molecule has 0 amide bonds. The second kappa shape index (κ2) is 4.63. The summed E-state index contributed by atoms with van der Waals surface area (Å²) in [4.78, 5) is 9.60. The van der Waals surface area contributed by atoms with Crippen LogP contribution in [0.3, 0.4) is 0 Å². The summed E-state index contributed by atoms with van der Waals surface area (Å²) in [6.45, 7) is 5.61. The minimum absolute atomic E-state index is 0.258. The number of ether oxygens (including phenoxy) is 1. The van der Waals surface area contributed by atoms with Gasteiger partial charge in [0.05, 0.1) is 12.7 Å². The number of anilines is 1. The summed E-state index contributed by atoms with van der Waals surface area (Å²) in [5, 5.41) is 3.24. The molecule has 1 aliphatic rings. The zero-order valence-electron chi connectivity index (χ0n) is 9.29. The quantitative estimate of drug-likeness (QED) is 0.761. The number of hydrogen-bond donors (Lipinski definition) is 2. The van der Waals surface area contributed by atoms with Crippen LogP contribution in [0, 0.1) is 6.92 Å².